The fourth-order valence-corrected chi connectivity index (χ4v) is 3.03. The number of nitrogens with zero attached hydrogens (tertiary/aromatic N) is 1. The van der Waals surface area contributed by atoms with Crippen LogP contribution in [0.1, 0.15) is 20.3 Å². The van der Waals surface area contributed by atoms with Crippen LogP contribution in [0.4, 0.5) is 5.69 Å². The summed E-state index contributed by atoms with van der Waals surface area (Å²) >= 11 is 0. The van der Waals surface area contributed by atoms with Crippen molar-refractivity contribution in [3.05, 3.63) is 60.7 Å². The van der Waals surface area contributed by atoms with E-state index < -0.39 is 0 Å². The highest BCUT2D eigenvalue weighted by Gasteiger charge is 2.11. The lowest BCUT2D eigenvalue weighted by atomic mass is 10.1. The molecule has 0 aliphatic rings. The second kappa shape index (κ2) is 6.64. The third kappa shape index (κ3) is 3.31. The van der Waals surface area contributed by atoms with Crippen LogP contribution < -0.4 is 5.32 Å². The summed E-state index contributed by atoms with van der Waals surface area (Å²) in [4.78, 5) is 16.6. The van der Waals surface area contributed by atoms with Crippen molar-refractivity contribution in [3.63, 3.8) is 0 Å². The fourth-order valence-electron chi connectivity index (χ4n) is 3.03. The monoisotopic (exact) mass is 344 g/mol. The van der Waals surface area contributed by atoms with Crippen molar-refractivity contribution in [3.8, 4) is 11.5 Å². The summed E-state index contributed by atoms with van der Waals surface area (Å²) in [7, 11) is 0. The predicted molar refractivity (Wildman–Crippen MR) is 105 cm³/mol. The largest absolute Gasteiger partial charge is 0.436 e. The van der Waals surface area contributed by atoms with Gasteiger partial charge < -0.3 is 9.73 Å². The number of oxazole rings is 1. The average molecular weight is 344 g/mol. The molecule has 4 nitrogen and oxygen atoms in total. The van der Waals surface area contributed by atoms with Gasteiger partial charge in [-0.3, -0.25) is 4.79 Å². The first-order chi connectivity index (χ1) is 12.6. The van der Waals surface area contributed by atoms with Gasteiger partial charge in [0.15, 0.2) is 5.58 Å². The summed E-state index contributed by atoms with van der Waals surface area (Å²) in [5.74, 6) is 0.916. The van der Waals surface area contributed by atoms with Gasteiger partial charge in [-0.2, -0.15) is 0 Å². The Morgan fingerprint density at radius 3 is 2.65 bits per heavy atom. The highest BCUT2D eigenvalue weighted by Crippen LogP contribution is 2.28. The van der Waals surface area contributed by atoms with Crippen molar-refractivity contribution < 1.29 is 9.21 Å². The SMILES string of the molecule is CC(C)CC(=O)Nc1ccc2oc(-c3ccc4ccccc4c3)nc2c1. The van der Waals surface area contributed by atoms with Crippen LogP contribution in [0.2, 0.25) is 0 Å². The van der Waals surface area contributed by atoms with Gasteiger partial charge in [0.1, 0.15) is 5.52 Å². The highest BCUT2D eigenvalue weighted by molar-refractivity contribution is 5.93. The number of amides is 1. The van der Waals surface area contributed by atoms with Gasteiger partial charge in [-0.05, 0) is 47.0 Å². The Morgan fingerprint density at radius 2 is 1.85 bits per heavy atom. The summed E-state index contributed by atoms with van der Waals surface area (Å²) in [6, 6.07) is 19.9. The van der Waals surface area contributed by atoms with Gasteiger partial charge in [-0.15, -0.1) is 0 Å². The van der Waals surface area contributed by atoms with Crippen LogP contribution in [-0.4, -0.2) is 10.9 Å². The number of fused-ring (bicyclic) bond motifs is 2. The molecule has 0 atom stereocenters. The van der Waals surface area contributed by atoms with Gasteiger partial charge in [0.05, 0.1) is 0 Å². The lowest BCUT2D eigenvalue weighted by Crippen LogP contribution is -2.13. The second-order valence-corrected chi connectivity index (χ2v) is 6.91. The lowest BCUT2D eigenvalue weighted by molar-refractivity contribution is -0.116. The molecule has 1 N–H and O–H groups in total. The average Bonchev–Trinajstić information content (AvgIpc) is 3.04. The minimum Gasteiger partial charge on any atom is -0.436 e. The van der Waals surface area contributed by atoms with Crippen molar-refractivity contribution in [1.82, 2.24) is 4.98 Å². The molecule has 1 aromatic heterocycles. The summed E-state index contributed by atoms with van der Waals surface area (Å²) < 4.78 is 5.90. The first-order valence-electron chi connectivity index (χ1n) is 8.78. The number of hydrogen-bond donors (Lipinski definition) is 1. The zero-order valence-electron chi connectivity index (χ0n) is 14.8. The Labute approximate surface area is 151 Å². The molecule has 130 valence electrons. The molecule has 4 aromatic rings. The summed E-state index contributed by atoms with van der Waals surface area (Å²) in [6.45, 7) is 4.05. The van der Waals surface area contributed by atoms with E-state index >= 15 is 0 Å². The van der Waals surface area contributed by atoms with E-state index in [1.165, 1.54) is 5.39 Å². The Morgan fingerprint density at radius 1 is 1.04 bits per heavy atom. The number of carbonyl (C=O) groups excluding carboxylic acids is 1. The van der Waals surface area contributed by atoms with E-state index in [9.17, 15) is 4.79 Å². The molecule has 26 heavy (non-hydrogen) atoms. The lowest BCUT2D eigenvalue weighted by Gasteiger charge is -2.06. The van der Waals surface area contributed by atoms with Gasteiger partial charge >= 0.3 is 0 Å². The Hall–Kier alpha value is -3.14. The van der Waals surface area contributed by atoms with E-state index in [0.717, 1.165) is 22.2 Å². The van der Waals surface area contributed by atoms with Crippen molar-refractivity contribution in [2.75, 3.05) is 5.32 Å². The van der Waals surface area contributed by atoms with Gasteiger partial charge in [0, 0.05) is 17.7 Å². The molecule has 0 saturated carbocycles. The molecule has 4 heteroatoms. The molecule has 0 aliphatic carbocycles. The maximum absolute atomic E-state index is 12.0. The molecule has 0 spiro atoms. The molecular weight excluding hydrogens is 324 g/mol. The Bertz CT molecular complexity index is 1100. The second-order valence-electron chi connectivity index (χ2n) is 6.91. The third-order valence-corrected chi connectivity index (χ3v) is 4.26. The molecule has 4 rings (SSSR count). The molecule has 3 aromatic carbocycles. The van der Waals surface area contributed by atoms with Crippen LogP contribution >= 0.6 is 0 Å². The van der Waals surface area contributed by atoms with E-state index in [1.54, 1.807) is 0 Å². The first kappa shape index (κ1) is 16.3. The van der Waals surface area contributed by atoms with Crippen LogP contribution in [-0.2, 0) is 4.79 Å². The van der Waals surface area contributed by atoms with Crippen LogP contribution in [0.3, 0.4) is 0 Å². The number of hydrogen-bond acceptors (Lipinski definition) is 3. The summed E-state index contributed by atoms with van der Waals surface area (Å²) in [5, 5.41) is 5.25. The zero-order chi connectivity index (χ0) is 18.1. The van der Waals surface area contributed by atoms with E-state index in [2.05, 4.69) is 34.6 Å². The molecular formula is C22H20N2O2. The van der Waals surface area contributed by atoms with Gasteiger partial charge in [-0.25, -0.2) is 4.98 Å². The molecule has 1 heterocycles. The third-order valence-electron chi connectivity index (χ3n) is 4.26. The first-order valence-corrected chi connectivity index (χ1v) is 8.78. The van der Waals surface area contributed by atoms with Gasteiger partial charge in [-0.1, -0.05) is 44.2 Å². The van der Waals surface area contributed by atoms with Crippen molar-refractivity contribution in [1.29, 1.82) is 0 Å². The molecule has 0 fully saturated rings. The maximum atomic E-state index is 12.0. The van der Waals surface area contributed by atoms with Crippen molar-refractivity contribution >= 4 is 33.5 Å². The molecule has 0 radical (unpaired) electrons. The van der Waals surface area contributed by atoms with E-state index in [0.29, 0.717) is 23.8 Å². The smallest absolute Gasteiger partial charge is 0.227 e. The van der Waals surface area contributed by atoms with Gasteiger partial charge in [0.25, 0.3) is 0 Å². The van der Waals surface area contributed by atoms with Crippen molar-refractivity contribution in [2.45, 2.75) is 20.3 Å². The molecule has 0 saturated heterocycles. The minimum absolute atomic E-state index is 0.0117. The summed E-state index contributed by atoms with van der Waals surface area (Å²) in [5.41, 5.74) is 3.11. The Balaban J connectivity index is 1.65. The Kier molecular flexibility index (Phi) is 4.17. The van der Waals surface area contributed by atoms with E-state index in [1.807, 2.05) is 50.2 Å². The number of rotatable bonds is 4. The molecule has 0 unspecified atom stereocenters. The van der Waals surface area contributed by atoms with Crippen molar-refractivity contribution in [2.24, 2.45) is 5.92 Å². The number of benzene rings is 3. The van der Waals surface area contributed by atoms with Crippen LogP contribution in [0.5, 0.6) is 0 Å². The number of anilines is 1. The molecule has 0 bridgehead atoms. The highest BCUT2D eigenvalue weighted by atomic mass is 16.3. The van der Waals surface area contributed by atoms with Crippen LogP contribution in [0.15, 0.2) is 65.1 Å². The van der Waals surface area contributed by atoms with E-state index in [4.69, 9.17) is 4.42 Å². The van der Waals surface area contributed by atoms with Crippen LogP contribution in [0, 0.1) is 5.92 Å². The van der Waals surface area contributed by atoms with Crippen LogP contribution in [0.25, 0.3) is 33.3 Å². The van der Waals surface area contributed by atoms with E-state index in [-0.39, 0.29) is 5.91 Å². The maximum Gasteiger partial charge on any atom is 0.227 e. The number of carbonyl (C=O) groups is 1. The predicted octanol–water partition coefficient (Wildman–Crippen LogP) is 5.63. The summed E-state index contributed by atoms with van der Waals surface area (Å²) in [6.07, 6.45) is 0.499. The number of nitrogens with one attached hydrogen (secondary N) is 1. The zero-order valence-corrected chi connectivity index (χ0v) is 14.8. The fraction of sp³-hybridized carbons (Fsp3) is 0.182. The minimum atomic E-state index is 0.0117. The normalized spacial score (nSPS) is 11.3. The molecule has 1 amide bonds. The standard InChI is InChI=1S/C22H20N2O2/c1-14(2)11-21(25)23-18-9-10-20-19(13-18)24-22(26-20)17-8-7-15-5-3-4-6-16(15)12-17/h3-10,12-14H,11H2,1-2H3,(H,23,25). The molecule has 0 aliphatic heterocycles. The van der Waals surface area contributed by atoms with Gasteiger partial charge in [0.2, 0.25) is 11.8 Å². The topological polar surface area (TPSA) is 55.1 Å². The number of aromatic nitrogens is 1. The quantitative estimate of drug-likeness (QED) is 0.522.